The monoisotopic (exact) mass is 234 g/mol. The third-order valence-electron chi connectivity index (χ3n) is 2.53. The number of nitrogens with one attached hydrogen (secondary N) is 1. The molecule has 1 aromatic carbocycles. The Kier molecular flexibility index (Phi) is 2.91. The quantitative estimate of drug-likeness (QED) is 0.795. The molecule has 0 aliphatic heterocycles. The number of aromatic nitrogens is 1. The molecule has 2 rings (SSSR count). The predicted octanol–water partition coefficient (Wildman–Crippen LogP) is 1.94. The molecule has 0 amide bonds. The molecule has 2 aromatic rings. The van der Waals surface area contributed by atoms with Crippen LogP contribution in [-0.4, -0.2) is 24.7 Å². The summed E-state index contributed by atoms with van der Waals surface area (Å²) in [5, 5.41) is 0.757. The van der Waals surface area contributed by atoms with Crippen molar-refractivity contribution in [1.82, 2.24) is 4.98 Å². The van der Waals surface area contributed by atoms with Crippen LogP contribution < -0.4 is 10.5 Å². The summed E-state index contributed by atoms with van der Waals surface area (Å²) in [5.41, 5.74) is 7.36. The van der Waals surface area contributed by atoms with Gasteiger partial charge in [0.15, 0.2) is 0 Å². The predicted molar refractivity (Wildman–Crippen MR) is 65.2 cm³/mol. The van der Waals surface area contributed by atoms with Crippen molar-refractivity contribution in [3.05, 3.63) is 23.9 Å². The lowest BCUT2D eigenvalue weighted by atomic mass is 10.2. The number of anilines is 1. The molecule has 17 heavy (non-hydrogen) atoms. The zero-order valence-electron chi connectivity index (χ0n) is 9.74. The molecule has 5 heteroatoms. The van der Waals surface area contributed by atoms with E-state index in [1.54, 1.807) is 26.2 Å². The summed E-state index contributed by atoms with van der Waals surface area (Å²) in [6, 6.07) is 5.39. The minimum absolute atomic E-state index is 0.287. The molecular weight excluding hydrogens is 220 g/mol. The second-order valence-corrected chi connectivity index (χ2v) is 3.55. The summed E-state index contributed by atoms with van der Waals surface area (Å²) in [7, 11) is 1.58. The maximum absolute atomic E-state index is 11.6. The summed E-state index contributed by atoms with van der Waals surface area (Å²) in [4.78, 5) is 14.6. The molecule has 0 radical (unpaired) electrons. The number of aromatic amines is 1. The topological polar surface area (TPSA) is 77.3 Å². The van der Waals surface area contributed by atoms with Crippen molar-refractivity contribution < 1.29 is 14.3 Å². The van der Waals surface area contributed by atoms with Crippen molar-refractivity contribution >= 4 is 22.6 Å². The van der Waals surface area contributed by atoms with Gasteiger partial charge in [0.25, 0.3) is 0 Å². The van der Waals surface area contributed by atoms with Gasteiger partial charge >= 0.3 is 5.97 Å². The highest BCUT2D eigenvalue weighted by atomic mass is 16.5. The summed E-state index contributed by atoms with van der Waals surface area (Å²) < 4.78 is 10.0. The van der Waals surface area contributed by atoms with E-state index in [0.717, 1.165) is 10.9 Å². The number of carbonyl (C=O) groups excluding carboxylic acids is 1. The fourth-order valence-corrected chi connectivity index (χ4v) is 1.68. The summed E-state index contributed by atoms with van der Waals surface area (Å²) >= 11 is 0. The van der Waals surface area contributed by atoms with Crippen molar-refractivity contribution in [3.8, 4) is 5.75 Å². The number of hydrogen-bond donors (Lipinski definition) is 2. The van der Waals surface area contributed by atoms with Crippen molar-refractivity contribution in [2.75, 3.05) is 19.5 Å². The first-order valence-electron chi connectivity index (χ1n) is 5.29. The lowest BCUT2D eigenvalue weighted by Crippen LogP contribution is -2.07. The van der Waals surface area contributed by atoms with Crippen LogP contribution in [0, 0.1) is 0 Å². The Bertz CT molecular complexity index is 560. The van der Waals surface area contributed by atoms with Gasteiger partial charge in [0.1, 0.15) is 11.4 Å². The summed E-state index contributed by atoms with van der Waals surface area (Å²) in [6.07, 6.45) is 0. The molecule has 1 aromatic heterocycles. The molecule has 0 spiro atoms. The standard InChI is InChI=1S/C12H14N2O3/c1-3-17-12(15)11-10(13)8-6-7(16-2)4-5-9(8)14-11/h4-6,14H,3,13H2,1-2H3. The Morgan fingerprint density at radius 1 is 1.47 bits per heavy atom. The fourth-order valence-electron chi connectivity index (χ4n) is 1.68. The second kappa shape index (κ2) is 4.37. The van der Waals surface area contributed by atoms with Gasteiger partial charge < -0.3 is 20.2 Å². The molecule has 0 atom stereocenters. The summed E-state index contributed by atoms with van der Waals surface area (Å²) in [6.45, 7) is 2.07. The average molecular weight is 234 g/mol. The van der Waals surface area contributed by atoms with Gasteiger partial charge in [-0.3, -0.25) is 0 Å². The van der Waals surface area contributed by atoms with E-state index in [9.17, 15) is 4.79 Å². The summed E-state index contributed by atoms with van der Waals surface area (Å²) in [5.74, 6) is 0.249. The highest BCUT2D eigenvalue weighted by Crippen LogP contribution is 2.28. The molecule has 0 fully saturated rings. The number of methoxy groups -OCH3 is 1. The smallest absolute Gasteiger partial charge is 0.356 e. The number of nitrogens with two attached hydrogens (primary N) is 1. The Morgan fingerprint density at radius 2 is 2.24 bits per heavy atom. The molecule has 0 aliphatic rings. The Morgan fingerprint density at radius 3 is 2.88 bits per heavy atom. The van der Waals surface area contributed by atoms with E-state index in [0.29, 0.717) is 18.0 Å². The van der Waals surface area contributed by atoms with Gasteiger partial charge in [-0.2, -0.15) is 0 Å². The maximum atomic E-state index is 11.6. The first-order valence-corrected chi connectivity index (χ1v) is 5.29. The molecule has 3 N–H and O–H groups in total. The Balaban J connectivity index is 2.53. The lowest BCUT2D eigenvalue weighted by molar-refractivity contribution is 0.0522. The highest BCUT2D eigenvalue weighted by Gasteiger charge is 2.16. The molecule has 0 bridgehead atoms. The van der Waals surface area contributed by atoms with Crippen LogP contribution in [0.15, 0.2) is 18.2 Å². The maximum Gasteiger partial charge on any atom is 0.356 e. The molecule has 0 aliphatic carbocycles. The van der Waals surface area contributed by atoms with Gasteiger partial charge in [0.05, 0.1) is 19.4 Å². The number of ether oxygens (including phenoxy) is 2. The third kappa shape index (κ3) is 1.91. The van der Waals surface area contributed by atoms with Gasteiger partial charge in [0, 0.05) is 10.9 Å². The van der Waals surface area contributed by atoms with E-state index in [2.05, 4.69) is 4.98 Å². The van der Waals surface area contributed by atoms with E-state index < -0.39 is 5.97 Å². The van der Waals surface area contributed by atoms with E-state index in [1.807, 2.05) is 6.07 Å². The van der Waals surface area contributed by atoms with E-state index in [4.69, 9.17) is 15.2 Å². The third-order valence-corrected chi connectivity index (χ3v) is 2.53. The minimum Gasteiger partial charge on any atom is -0.497 e. The lowest BCUT2D eigenvalue weighted by Gasteiger charge is -2.00. The van der Waals surface area contributed by atoms with Gasteiger partial charge in [-0.1, -0.05) is 0 Å². The second-order valence-electron chi connectivity index (χ2n) is 3.55. The number of hydrogen-bond acceptors (Lipinski definition) is 4. The fraction of sp³-hybridized carbons (Fsp3) is 0.250. The van der Waals surface area contributed by atoms with Gasteiger partial charge in [-0.15, -0.1) is 0 Å². The van der Waals surface area contributed by atoms with Crippen molar-refractivity contribution in [2.24, 2.45) is 0 Å². The molecule has 1 heterocycles. The van der Waals surface area contributed by atoms with Crippen molar-refractivity contribution in [3.63, 3.8) is 0 Å². The molecule has 0 unspecified atom stereocenters. The normalized spacial score (nSPS) is 10.5. The number of esters is 1. The zero-order valence-corrected chi connectivity index (χ0v) is 9.74. The van der Waals surface area contributed by atoms with Crippen molar-refractivity contribution in [2.45, 2.75) is 6.92 Å². The largest absolute Gasteiger partial charge is 0.497 e. The zero-order chi connectivity index (χ0) is 12.4. The number of benzene rings is 1. The van der Waals surface area contributed by atoms with Crippen molar-refractivity contribution in [1.29, 1.82) is 0 Å². The molecule has 5 nitrogen and oxygen atoms in total. The first-order chi connectivity index (χ1) is 8.17. The van der Waals surface area contributed by atoms with Crippen LogP contribution >= 0.6 is 0 Å². The van der Waals surface area contributed by atoms with Gasteiger partial charge in [-0.25, -0.2) is 4.79 Å². The first kappa shape index (κ1) is 11.3. The number of fused-ring (bicyclic) bond motifs is 1. The Labute approximate surface area is 98.5 Å². The molecule has 0 saturated carbocycles. The van der Waals surface area contributed by atoms with E-state index in [-0.39, 0.29) is 5.69 Å². The van der Waals surface area contributed by atoms with E-state index in [1.165, 1.54) is 0 Å². The average Bonchev–Trinajstić information content (AvgIpc) is 2.67. The van der Waals surface area contributed by atoms with E-state index >= 15 is 0 Å². The minimum atomic E-state index is -0.444. The number of H-pyrrole nitrogens is 1. The SMILES string of the molecule is CCOC(=O)c1[nH]c2ccc(OC)cc2c1N. The number of carbonyl (C=O) groups is 1. The number of nitrogen functional groups attached to an aromatic ring is 1. The van der Waals surface area contributed by atoms with Crippen LogP contribution in [0.4, 0.5) is 5.69 Å². The van der Waals surface area contributed by atoms with Crippen LogP contribution in [0.1, 0.15) is 17.4 Å². The number of rotatable bonds is 3. The highest BCUT2D eigenvalue weighted by molar-refractivity contribution is 6.05. The molecular formula is C12H14N2O3. The van der Waals surface area contributed by atoms with Crippen LogP contribution in [-0.2, 0) is 4.74 Å². The van der Waals surface area contributed by atoms with Gasteiger partial charge in [-0.05, 0) is 25.1 Å². The molecule has 90 valence electrons. The van der Waals surface area contributed by atoms with Crippen LogP contribution in [0.2, 0.25) is 0 Å². The van der Waals surface area contributed by atoms with Gasteiger partial charge in [0.2, 0.25) is 0 Å². The van der Waals surface area contributed by atoms with Crippen LogP contribution in [0.5, 0.6) is 5.75 Å². The Hall–Kier alpha value is -2.17. The molecule has 0 saturated heterocycles. The van der Waals surface area contributed by atoms with Crippen LogP contribution in [0.3, 0.4) is 0 Å². The van der Waals surface area contributed by atoms with Crippen LogP contribution in [0.25, 0.3) is 10.9 Å².